The smallest absolute Gasteiger partial charge is 0.305 e. The van der Waals surface area contributed by atoms with Crippen LogP contribution in [0.5, 0.6) is 0 Å². The first kappa shape index (κ1) is 14.7. The molecule has 0 saturated carbocycles. The fourth-order valence-corrected chi connectivity index (χ4v) is 2.03. The molecule has 1 aromatic carbocycles. The summed E-state index contributed by atoms with van der Waals surface area (Å²) in [4.78, 5) is 11.7. The second kappa shape index (κ2) is 5.10. The normalized spacial score (nSPS) is 12.1. The third-order valence-corrected chi connectivity index (χ3v) is 2.88. The zero-order valence-corrected chi connectivity index (χ0v) is 12.3. The van der Waals surface area contributed by atoms with Crippen LogP contribution in [-0.2, 0) is 15.1 Å². The number of carbonyl (C=O) groups excluding carboxylic acids is 1. The molecule has 0 fully saturated rings. The lowest BCUT2D eigenvalue weighted by molar-refractivity contribution is 0.260. The van der Waals surface area contributed by atoms with Gasteiger partial charge in [-0.2, -0.15) is 0 Å². The van der Waals surface area contributed by atoms with E-state index in [1.807, 2.05) is 24.3 Å². The Morgan fingerprint density at radius 3 is 2.28 bits per heavy atom. The van der Waals surface area contributed by atoms with E-state index in [1.165, 1.54) is 12.5 Å². The van der Waals surface area contributed by atoms with Crippen molar-refractivity contribution >= 4 is 21.4 Å². The van der Waals surface area contributed by atoms with Crippen LogP contribution in [0.25, 0.3) is 0 Å². The van der Waals surface area contributed by atoms with E-state index in [4.69, 9.17) is 0 Å². The van der Waals surface area contributed by atoms with E-state index in [-0.39, 0.29) is 5.41 Å². The average Bonchev–Trinajstić information content (AvgIpc) is 2.13. The van der Waals surface area contributed by atoms with Gasteiger partial charge in [0.25, 0.3) is 0 Å². The first-order valence-electron chi connectivity index (χ1n) is 5.67. The van der Waals surface area contributed by atoms with Gasteiger partial charge in [0.2, 0.25) is 0 Å². The van der Waals surface area contributed by atoms with Crippen LogP contribution in [0, 0.1) is 0 Å². The van der Waals surface area contributed by atoms with Crippen LogP contribution in [0.3, 0.4) is 0 Å². The third kappa shape index (κ3) is 4.49. The van der Waals surface area contributed by atoms with Crippen LogP contribution in [-0.4, -0.2) is 22.8 Å². The molecule has 1 aromatic rings. The highest BCUT2D eigenvalue weighted by atomic mass is 32.2. The van der Waals surface area contributed by atoms with E-state index in [0.29, 0.717) is 5.69 Å². The number of hydrogen-bond acceptors (Lipinski definition) is 2. The molecule has 0 heterocycles. The Bertz CT molecular complexity index is 557. The van der Waals surface area contributed by atoms with Gasteiger partial charge in [0.05, 0.1) is 9.73 Å². The summed E-state index contributed by atoms with van der Waals surface area (Å²) in [6.07, 6.45) is 2.87. The van der Waals surface area contributed by atoms with Gasteiger partial charge in [0.15, 0.2) is 0 Å². The molecule has 0 aliphatic carbocycles. The number of para-hydroxylation sites is 1. The number of carbonyl (C=O) groups is 1. The summed E-state index contributed by atoms with van der Waals surface area (Å²) in [5.74, 6) is 0. The second-order valence-corrected chi connectivity index (χ2v) is 8.04. The van der Waals surface area contributed by atoms with E-state index in [1.54, 1.807) is 0 Å². The minimum Gasteiger partial charge on any atom is -0.305 e. The van der Waals surface area contributed by atoms with Crippen molar-refractivity contribution in [3.05, 3.63) is 29.8 Å². The monoisotopic (exact) mass is 268 g/mol. The molecule has 1 N–H and O–H groups in total. The predicted molar refractivity (Wildman–Crippen MR) is 76.6 cm³/mol. The largest absolute Gasteiger partial charge is 0.353 e. The molecule has 18 heavy (non-hydrogen) atoms. The maximum absolute atomic E-state index is 11.7. The molecule has 0 radical (unpaired) electrons. The standard InChI is InChI=1S/C13H20N2O2S/c1-13(2,3)10-8-6-7-9-11(10)14-12(16)15-18(4,5)17/h6-9H,1-5H3,(H,14,16). The lowest BCUT2D eigenvalue weighted by Gasteiger charge is -2.22. The van der Waals surface area contributed by atoms with Crippen LogP contribution in [0.15, 0.2) is 28.6 Å². The number of hydrogen-bond donors (Lipinski definition) is 1. The summed E-state index contributed by atoms with van der Waals surface area (Å²) < 4.78 is 15.0. The number of rotatable bonds is 1. The highest BCUT2D eigenvalue weighted by Crippen LogP contribution is 2.29. The SMILES string of the molecule is CC(C)(C)c1ccccc1NC(=O)N=S(C)(C)=O. The Labute approximate surface area is 109 Å². The van der Waals surface area contributed by atoms with Crippen molar-refractivity contribution in [2.24, 2.45) is 4.36 Å². The molecule has 0 atom stereocenters. The van der Waals surface area contributed by atoms with Gasteiger partial charge in [-0.3, -0.25) is 0 Å². The lowest BCUT2D eigenvalue weighted by Crippen LogP contribution is -2.17. The molecule has 0 bridgehead atoms. The Morgan fingerprint density at radius 2 is 1.78 bits per heavy atom. The maximum atomic E-state index is 11.7. The number of urea groups is 1. The fraction of sp³-hybridized carbons (Fsp3) is 0.462. The zero-order chi connectivity index (χ0) is 14.0. The van der Waals surface area contributed by atoms with E-state index in [9.17, 15) is 9.00 Å². The molecule has 1 rings (SSSR count). The summed E-state index contributed by atoms with van der Waals surface area (Å²) in [5.41, 5.74) is 1.65. The minimum absolute atomic E-state index is 0.0796. The molecule has 2 amide bonds. The van der Waals surface area contributed by atoms with Gasteiger partial charge < -0.3 is 5.32 Å². The van der Waals surface area contributed by atoms with Gasteiger partial charge in [0.1, 0.15) is 0 Å². The fourth-order valence-electron chi connectivity index (χ4n) is 1.58. The van der Waals surface area contributed by atoms with Crippen molar-refractivity contribution in [1.29, 1.82) is 0 Å². The first-order valence-corrected chi connectivity index (χ1v) is 8.00. The van der Waals surface area contributed by atoms with Crippen LogP contribution in [0.1, 0.15) is 26.3 Å². The van der Waals surface area contributed by atoms with Crippen molar-refractivity contribution in [3.8, 4) is 0 Å². The van der Waals surface area contributed by atoms with Crippen LogP contribution >= 0.6 is 0 Å². The number of benzene rings is 1. The quantitative estimate of drug-likeness (QED) is 0.850. The summed E-state index contributed by atoms with van der Waals surface area (Å²) in [6, 6.07) is 6.99. The highest BCUT2D eigenvalue weighted by Gasteiger charge is 2.18. The summed E-state index contributed by atoms with van der Waals surface area (Å²) >= 11 is 0. The molecule has 0 aromatic heterocycles. The van der Waals surface area contributed by atoms with Gasteiger partial charge in [-0.1, -0.05) is 39.0 Å². The zero-order valence-electron chi connectivity index (χ0n) is 11.5. The number of nitrogens with zero attached hydrogens (tertiary/aromatic N) is 1. The highest BCUT2D eigenvalue weighted by molar-refractivity contribution is 7.92. The topological polar surface area (TPSA) is 58.5 Å². The number of amides is 2. The molecule has 0 unspecified atom stereocenters. The molecule has 0 aliphatic rings. The van der Waals surface area contributed by atoms with Gasteiger partial charge in [-0.05, 0) is 17.0 Å². The maximum Gasteiger partial charge on any atom is 0.353 e. The Balaban J connectivity index is 3.07. The van der Waals surface area contributed by atoms with Gasteiger partial charge in [0, 0.05) is 18.2 Å². The van der Waals surface area contributed by atoms with Crippen molar-refractivity contribution in [2.75, 3.05) is 17.8 Å². The summed E-state index contributed by atoms with van der Waals surface area (Å²) in [5, 5.41) is 2.69. The number of nitrogens with one attached hydrogen (secondary N) is 1. The lowest BCUT2D eigenvalue weighted by atomic mass is 9.86. The Hall–Kier alpha value is -1.36. The molecular weight excluding hydrogens is 248 g/mol. The van der Waals surface area contributed by atoms with E-state index in [2.05, 4.69) is 30.5 Å². The van der Waals surface area contributed by atoms with Gasteiger partial charge in [-0.15, -0.1) is 4.36 Å². The van der Waals surface area contributed by atoms with Crippen molar-refractivity contribution < 1.29 is 9.00 Å². The molecule has 0 spiro atoms. The minimum atomic E-state index is -2.43. The van der Waals surface area contributed by atoms with Gasteiger partial charge in [-0.25, -0.2) is 9.00 Å². The van der Waals surface area contributed by atoms with Gasteiger partial charge >= 0.3 is 6.03 Å². The van der Waals surface area contributed by atoms with Crippen molar-refractivity contribution in [3.63, 3.8) is 0 Å². The van der Waals surface area contributed by atoms with E-state index < -0.39 is 15.8 Å². The van der Waals surface area contributed by atoms with Crippen LogP contribution < -0.4 is 5.32 Å². The molecule has 5 heteroatoms. The molecular formula is C13H20N2O2S. The number of anilines is 1. The first-order chi connectivity index (χ1) is 8.09. The van der Waals surface area contributed by atoms with E-state index >= 15 is 0 Å². The molecule has 4 nitrogen and oxygen atoms in total. The molecule has 100 valence electrons. The second-order valence-electron chi connectivity index (χ2n) is 5.50. The summed E-state index contributed by atoms with van der Waals surface area (Å²) in [6.45, 7) is 6.20. The third-order valence-electron chi connectivity index (χ3n) is 2.28. The predicted octanol–water partition coefficient (Wildman–Crippen LogP) is 3.24. The Morgan fingerprint density at radius 1 is 1.22 bits per heavy atom. The molecule has 0 aliphatic heterocycles. The van der Waals surface area contributed by atoms with Crippen LogP contribution in [0.4, 0.5) is 10.5 Å². The van der Waals surface area contributed by atoms with E-state index in [0.717, 1.165) is 5.56 Å². The molecule has 0 saturated heterocycles. The van der Waals surface area contributed by atoms with Crippen molar-refractivity contribution in [1.82, 2.24) is 0 Å². The van der Waals surface area contributed by atoms with Crippen LogP contribution in [0.2, 0.25) is 0 Å². The average molecular weight is 268 g/mol. The Kier molecular flexibility index (Phi) is 4.16. The summed E-state index contributed by atoms with van der Waals surface area (Å²) in [7, 11) is -2.43. The van der Waals surface area contributed by atoms with Crippen molar-refractivity contribution in [2.45, 2.75) is 26.2 Å².